The number of aromatic nitrogens is 2. The van der Waals surface area contributed by atoms with Gasteiger partial charge >= 0.3 is 0 Å². The second kappa shape index (κ2) is 5.50. The molecule has 17 heavy (non-hydrogen) atoms. The zero-order chi connectivity index (χ0) is 12.1. The number of hydrogen-bond donors (Lipinski definition) is 1. The van der Waals surface area contributed by atoms with Crippen LogP contribution in [0.3, 0.4) is 0 Å². The predicted octanol–water partition coefficient (Wildman–Crippen LogP) is 2.47. The molecule has 0 unspecified atom stereocenters. The number of nitrogens with one attached hydrogen (secondary N) is 1. The molecular weight excluding hydrogens is 217 g/mol. The Bertz CT molecular complexity index is 473. The van der Waals surface area contributed by atoms with E-state index in [0.29, 0.717) is 6.54 Å². The molecule has 1 N–H and O–H groups in total. The molecule has 2 heterocycles. The molecule has 3 nitrogen and oxygen atoms in total. The van der Waals surface area contributed by atoms with Gasteiger partial charge < -0.3 is 5.32 Å². The highest BCUT2D eigenvalue weighted by atomic mass is 19.1. The first kappa shape index (κ1) is 11.7. The molecule has 0 bridgehead atoms. The van der Waals surface area contributed by atoms with Gasteiger partial charge in [0.15, 0.2) is 0 Å². The molecule has 2 aromatic heterocycles. The molecule has 0 amide bonds. The molecule has 0 saturated heterocycles. The summed E-state index contributed by atoms with van der Waals surface area (Å²) in [5, 5.41) is 3.27. The largest absolute Gasteiger partial charge is 0.305 e. The van der Waals surface area contributed by atoms with Gasteiger partial charge in [-0.25, -0.2) is 4.39 Å². The van der Waals surface area contributed by atoms with Gasteiger partial charge in [0, 0.05) is 25.0 Å². The van der Waals surface area contributed by atoms with Crippen molar-refractivity contribution in [2.24, 2.45) is 0 Å². The minimum absolute atomic E-state index is 0.125. The lowest BCUT2D eigenvalue weighted by Gasteiger charge is -2.12. The van der Waals surface area contributed by atoms with Crippen molar-refractivity contribution in [3.63, 3.8) is 0 Å². The van der Waals surface area contributed by atoms with Crippen molar-refractivity contribution in [2.75, 3.05) is 0 Å². The summed E-state index contributed by atoms with van der Waals surface area (Å²) in [5.74, 6) is -0.310. The van der Waals surface area contributed by atoms with Crippen LogP contribution < -0.4 is 5.32 Å². The van der Waals surface area contributed by atoms with Crippen molar-refractivity contribution in [2.45, 2.75) is 19.5 Å². The minimum atomic E-state index is -0.310. The van der Waals surface area contributed by atoms with Crippen LogP contribution in [0.2, 0.25) is 0 Å². The molecule has 4 heteroatoms. The number of halogens is 1. The summed E-state index contributed by atoms with van der Waals surface area (Å²) < 4.78 is 12.9. The summed E-state index contributed by atoms with van der Waals surface area (Å²) in [6, 6.07) is 7.39. The van der Waals surface area contributed by atoms with Crippen molar-refractivity contribution in [3.8, 4) is 0 Å². The molecule has 0 saturated carbocycles. The lowest BCUT2D eigenvalue weighted by Crippen LogP contribution is -2.19. The average Bonchev–Trinajstić information content (AvgIpc) is 2.37. The van der Waals surface area contributed by atoms with Crippen LogP contribution in [0, 0.1) is 5.82 Å². The molecule has 0 aliphatic heterocycles. The van der Waals surface area contributed by atoms with Gasteiger partial charge in [-0.1, -0.05) is 6.07 Å². The van der Waals surface area contributed by atoms with E-state index >= 15 is 0 Å². The van der Waals surface area contributed by atoms with Gasteiger partial charge in [0.2, 0.25) is 0 Å². The van der Waals surface area contributed by atoms with Crippen LogP contribution >= 0.6 is 0 Å². The Hall–Kier alpha value is -1.81. The highest BCUT2D eigenvalue weighted by Crippen LogP contribution is 2.09. The van der Waals surface area contributed by atoms with Gasteiger partial charge in [0.1, 0.15) is 5.82 Å². The van der Waals surface area contributed by atoms with Gasteiger partial charge in [-0.15, -0.1) is 0 Å². The number of nitrogens with zero attached hydrogens (tertiary/aromatic N) is 2. The van der Waals surface area contributed by atoms with Gasteiger partial charge in [0.25, 0.3) is 0 Å². The molecule has 0 aliphatic rings. The van der Waals surface area contributed by atoms with Crippen LogP contribution in [0.25, 0.3) is 0 Å². The third-order valence-corrected chi connectivity index (χ3v) is 2.51. The van der Waals surface area contributed by atoms with Crippen LogP contribution in [0.4, 0.5) is 4.39 Å². The summed E-state index contributed by atoms with van der Waals surface area (Å²) >= 11 is 0. The fraction of sp³-hybridized carbons (Fsp3) is 0.231. The summed E-state index contributed by atoms with van der Waals surface area (Å²) in [4.78, 5) is 8.06. The van der Waals surface area contributed by atoms with E-state index in [0.717, 1.165) is 11.3 Å². The van der Waals surface area contributed by atoms with E-state index in [4.69, 9.17) is 0 Å². The Morgan fingerprint density at radius 3 is 2.94 bits per heavy atom. The monoisotopic (exact) mass is 231 g/mol. The van der Waals surface area contributed by atoms with Crippen LogP contribution in [0.15, 0.2) is 42.9 Å². The molecule has 2 aromatic rings. The minimum Gasteiger partial charge on any atom is -0.305 e. The zero-order valence-corrected chi connectivity index (χ0v) is 9.60. The normalized spacial score (nSPS) is 12.4. The first-order chi connectivity index (χ1) is 8.25. The van der Waals surface area contributed by atoms with Crippen molar-refractivity contribution in [1.29, 1.82) is 0 Å². The molecule has 0 aliphatic carbocycles. The maximum atomic E-state index is 12.9. The Balaban J connectivity index is 1.95. The Labute approximate surface area is 99.7 Å². The van der Waals surface area contributed by atoms with Crippen LogP contribution in [-0.2, 0) is 6.54 Å². The molecule has 2 rings (SSSR count). The molecule has 0 radical (unpaired) electrons. The quantitative estimate of drug-likeness (QED) is 0.878. The van der Waals surface area contributed by atoms with Crippen molar-refractivity contribution < 1.29 is 4.39 Å². The fourth-order valence-corrected chi connectivity index (χ4v) is 1.56. The standard InChI is InChI=1S/C13H14FN3/c1-10(13-4-2-3-5-16-13)17-8-11-6-12(14)9-15-7-11/h2-7,9-10,17H,8H2,1H3/t10-/m1/s1. The van der Waals surface area contributed by atoms with Crippen molar-refractivity contribution in [1.82, 2.24) is 15.3 Å². The van der Waals surface area contributed by atoms with E-state index in [1.807, 2.05) is 25.1 Å². The Kier molecular flexibility index (Phi) is 3.77. The first-order valence-electron chi connectivity index (χ1n) is 5.49. The van der Waals surface area contributed by atoms with Gasteiger partial charge in [-0.2, -0.15) is 0 Å². The Morgan fingerprint density at radius 2 is 2.24 bits per heavy atom. The van der Waals surface area contributed by atoms with E-state index < -0.39 is 0 Å². The van der Waals surface area contributed by atoms with E-state index in [9.17, 15) is 4.39 Å². The van der Waals surface area contributed by atoms with E-state index in [-0.39, 0.29) is 11.9 Å². The maximum absolute atomic E-state index is 12.9. The zero-order valence-electron chi connectivity index (χ0n) is 9.60. The molecule has 0 fully saturated rings. The predicted molar refractivity (Wildman–Crippen MR) is 63.7 cm³/mol. The topological polar surface area (TPSA) is 37.8 Å². The van der Waals surface area contributed by atoms with Gasteiger partial charge in [0.05, 0.1) is 11.9 Å². The van der Waals surface area contributed by atoms with E-state index in [1.54, 1.807) is 12.4 Å². The molecular formula is C13H14FN3. The third kappa shape index (κ3) is 3.32. The lowest BCUT2D eigenvalue weighted by molar-refractivity contribution is 0.555. The van der Waals surface area contributed by atoms with Crippen molar-refractivity contribution >= 4 is 0 Å². The van der Waals surface area contributed by atoms with Crippen molar-refractivity contribution in [3.05, 3.63) is 59.9 Å². The smallest absolute Gasteiger partial charge is 0.141 e. The van der Waals surface area contributed by atoms with E-state index in [1.165, 1.54) is 12.3 Å². The number of rotatable bonds is 4. The average molecular weight is 231 g/mol. The Morgan fingerprint density at radius 1 is 1.35 bits per heavy atom. The maximum Gasteiger partial charge on any atom is 0.141 e. The molecule has 1 atom stereocenters. The molecule has 0 aromatic carbocycles. The van der Waals surface area contributed by atoms with Gasteiger partial charge in [-0.3, -0.25) is 9.97 Å². The summed E-state index contributed by atoms with van der Waals surface area (Å²) in [6.07, 6.45) is 4.62. The summed E-state index contributed by atoms with van der Waals surface area (Å²) in [5.41, 5.74) is 1.80. The third-order valence-electron chi connectivity index (χ3n) is 2.51. The van der Waals surface area contributed by atoms with E-state index in [2.05, 4.69) is 15.3 Å². The van der Waals surface area contributed by atoms with Gasteiger partial charge in [-0.05, 0) is 30.7 Å². The SMILES string of the molecule is C[C@@H](NCc1cncc(F)c1)c1ccccn1. The number of hydrogen-bond acceptors (Lipinski definition) is 3. The first-order valence-corrected chi connectivity index (χ1v) is 5.49. The molecule has 0 spiro atoms. The summed E-state index contributed by atoms with van der Waals surface area (Å²) in [7, 11) is 0. The second-order valence-corrected chi connectivity index (χ2v) is 3.87. The highest BCUT2D eigenvalue weighted by Gasteiger charge is 2.05. The van der Waals surface area contributed by atoms with Crippen LogP contribution in [-0.4, -0.2) is 9.97 Å². The van der Waals surface area contributed by atoms with Crippen LogP contribution in [0.5, 0.6) is 0 Å². The highest BCUT2D eigenvalue weighted by molar-refractivity contribution is 5.12. The second-order valence-electron chi connectivity index (χ2n) is 3.87. The van der Waals surface area contributed by atoms with Crippen LogP contribution in [0.1, 0.15) is 24.2 Å². The summed E-state index contributed by atoms with van der Waals surface area (Å²) in [6.45, 7) is 2.59. The fourth-order valence-electron chi connectivity index (χ4n) is 1.56. The number of pyridine rings is 2. The molecule has 88 valence electrons. The lowest BCUT2D eigenvalue weighted by atomic mass is 10.2.